The fourth-order valence-corrected chi connectivity index (χ4v) is 2.12. The van der Waals surface area contributed by atoms with E-state index in [0.29, 0.717) is 12.5 Å². The number of amides is 1. The van der Waals surface area contributed by atoms with Gasteiger partial charge in [-0.15, -0.1) is 0 Å². The van der Waals surface area contributed by atoms with Crippen molar-refractivity contribution < 1.29 is 9.53 Å². The summed E-state index contributed by atoms with van der Waals surface area (Å²) in [5.74, 6) is 1.01. The smallest absolute Gasteiger partial charge is 0.261 e. The van der Waals surface area contributed by atoms with Crippen LogP contribution in [0.3, 0.4) is 0 Å². The van der Waals surface area contributed by atoms with Crippen molar-refractivity contribution in [1.29, 1.82) is 5.26 Å². The van der Waals surface area contributed by atoms with Crippen LogP contribution in [0.2, 0.25) is 0 Å². The molecule has 4 nitrogen and oxygen atoms in total. The Bertz CT molecular complexity index is 494. The molecule has 0 fully saturated rings. The molecule has 1 aromatic carbocycles. The van der Waals surface area contributed by atoms with Crippen LogP contribution in [0.15, 0.2) is 24.3 Å². The number of nitrogens with zero attached hydrogens (tertiary/aromatic N) is 2. The van der Waals surface area contributed by atoms with Crippen molar-refractivity contribution in [2.45, 2.75) is 39.5 Å². The van der Waals surface area contributed by atoms with Gasteiger partial charge in [-0.25, -0.2) is 0 Å². The van der Waals surface area contributed by atoms with Gasteiger partial charge < -0.3 is 9.64 Å². The van der Waals surface area contributed by atoms with Crippen LogP contribution in [-0.4, -0.2) is 30.5 Å². The van der Waals surface area contributed by atoms with Crippen LogP contribution >= 0.6 is 0 Å². The van der Waals surface area contributed by atoms with E-state index in [1.807, 2.05) is 37.3 Å². The van der Waals surface area contributed by atoms with Gasteiger partial charge in [0, 0.05) is 6.54 Å². The molecule has 1 unspecified atom stereocenters. The van der Waals surface area contributed by atoms with Gasteiger partial charge in [0.05, 0.1) is 6.07 Å². The van der Waals surface area contributed by atoms with Crippen LogP contribution in [0.5, 0.6) is 5.75 Å². The van der Waals surface area contributed by atoms with Gasteiger partial charge in [0.1, 0.15) is 12.3 Å². The number of benzene rings is 1. The summed E-state index contributed by atoms with van der Waals surface area (Å²) < 4.78 is 5.69. The Labute approximate surface area is 127 Å². The highest BCUT2D eigenvalue weighted by molar-refractivity contribution is 5.78. The lowest BCUT2D eigenvalue weighted by Gasteiger charge is -2.20. The maximum Gasteiger partial charge on any atom is 0.261 e. The Balaban J connectivity index is 2.70. The number of hydrogen-bond acceptors (Lipinski definition) is 3. The van der Waals surface area contributed by atoms with E-state index in [2.05, 4.69) is 13.8 Å². The monoisotopic (exact) mass is 288 g/mol. The van der Waals surface area contributed by atoms with Gasteiger partial charge in [0.2, 0.25) is 0 Å². The Hall–Kier alpha value is -2.02. The van der Waals surface area contributed by atoms with Crippen LogP contribution in [0.4, 0.5) is 0 Å². The van der Waals surface area contributed by atoms with Gasteiger partial charge in [-0.1, -0.05) is 39.0 Å². The molecule has 0 bridgehead atoms. The Morgan fingerprint density at radius 2 is 2.10 bits per heavy atom. The average molecular weight is 288 g/mol. The first-order valence-corrected chi connectivity index (χ1v) is 7.50. The molecule has 21 heavy (non-hydrogen) atoms. The fourth-order valence-electron chi connectivity index (χ4n) is 2.12. The second-order valence-electron chi connectivity index (χ2n) is 5.11. The second-order valence-corrected chi connectivity index (χ2v) is 5.11. The molecule has 0 saturated carbocycles. The molecule has 0 aliphatic rings. The topological polar surface area (TPSA) is 53.3 Å². The number of hydrogen-bond donors (Lipinski definition) is 0. The number of rotatable bonds is 8. The number of ether oxygens (including phenoxy) is 1. The standard InChI is InChI=1S/C17H24N2O2/c1-4-11-19(12-10-18)17(20)13-21-16-9-7-6-8-15(16)14(3)5-2/h6-9,14H,4-5,11-13H2,1-3H3. The van der Waals surface area contributed by atoms with Gasteiger partial charge in [-0.3, -0.25) is 4.79 Å². The minimum absolute atomic E-state index is 0.0187. The third-order valence-corrected chi connectivity index (χ3v) is 3.52. The maximum absolute atomic E-state index is 12.1. The highest BCUT2D eigenvalue weighted by atomic mass is 16.5. The van der Waals surface area contributed by atoms with Crippen LogP contribution in [0, 0.1) is 11.3 Å². The van der Waals surface area contributed by atoms with E-state index >= 15 is 0 Å². The molecule has 1 rings (SSSR count). The molecule has 0 heterocycles. The average Bonchev–Trinajstić information content (AvgIpc) is 2.52. The normalized spacial score (nSPS) is 11.5. The lowest BCUT2D eigenvalue weighted by Crippen LogP contribution is -2.35. The summed E-state index contributed by atoms with van der Waals surface area (Å²) in [7, 11) is 0. The quantitative estimate of drug-likeness (QED) is 0.689. The molecule has 0 N–H and O–H groups in total. The summed E-state index contributed by atoms with van der Waals surface area (Å²) in [5, 5.41) is 8.76. The molecular weight excluding hydrogens is 264 g/mol. The summed E-state index contributed by atoms with van der Waals surface area (Å²) in [6.45, 7) is 6.93. The first-order valence-electron chi connectivity index (χ1n) is 7.50. The molecule has 1 amide bonds. The highest BCUT2D eigenvalue weighted by Crippen LogP contribution is 2.28. The first kappa shape index (κ1) is 17.0. The van der Waals surface area contributed by atoms with Gasteiger partial charge in [0.25, 0.3) is 5.91 Å². The highest BCUT2D eigenvalue weighted by Gasteiger charge is 2.15. The van der Waals surface area contributed by atoms with E-state index in [9.17, 15) is 4.79 Å². The number of para-hydroxylation sites is 1. The van der Waals surface area contributed by atoms with Gasteiger partial charge in [-0.2, -0.15) is 5.26 Å². The first-order chi connectivity index (χ1) is 10.1. The van der Waals surface area contributed by atoms with Crippen molar-refractivity contribution in [3.63, 3.8) is 0 Å². The zero-order chi connectivity index (χ0) is 15.7. The predicted octanol–water partition coefficient (Wildman–Crippen LogP) is 3.34. The Kier molecular flexibility index (Phi) is 7.31. The zero-order valence-corrected chi connectivity index (χ0v) is 13.1. The molecule has 0 radical (unpaired) electrons. The Morgan fingerprint density at radius 1 is 1.38 bits per heavy atom. The van der Waals surface area contributed by atoms with Gasteiger partial charge in [-0.05, 0) is 30.4 Å². The minimum Gasteiger partial charge on any atom is -0.483 e. The molecule has 0 aromatic heterocycles. The van der Waals surface area contributed by atoms with Crippen LogP contribution in [0.1, 0.15) is 45.1 Å². The molecule has 4 heteroatoms. The summed E-state index contributed by atoms with van der Waals surface area (Å²) in [6, 6.07) is 9.84. The van der Waals surface area contributed by atoms with E-state index in [1.54, 1.807) is 0 Å². The largest absolute Gasteiger partial charge is 0.483 e. The summed E-state index contributed by atoms with van der Waals surface area (Å²) in [4.78, 5) is 13.6. The zero-order valence-electron chi connectivity index (χ0n) is 13.1. The lowest BCUT2D eigenvalue weighted by atomic mass is 9.98. The van der Waals surface area contributed by atoms with Crippen LogP contribution in [-0.2, 0) is 4.79 Å². The third-order valence-electron chi connectivity index (χ3n) is 3.52. The minimum atomic E-state index is -0.141. The molecule has 0 aliphatic carbocycles. The van der Waals surface area contributed by atoms with E-state index < -0.39 is 0 Å². The molecule has 1 atom stereocenters. The van der Waals surface area contributed by atoms with Crippen molar-refractivity contribution >= 4 is 5.91 Å². The number of carbonyl (C=O) groups excluding carboxylic acids is 1. The second kappa shape index (κ2) is 9.02. The van der Waals surface area contributed by atoms with E-state index in [1.165, 1.54) is 4.90 Å². The van der Waals surface area contributed by atoms with Crippen molar-refractivity contribution in [2.24, 2.45) is 0 Å². The number of nitriles is 1. The van der Waals surface area contributed by atoms with Gasteiger partial charge >= 0.3 is 0 Å². The van der Waals surface area contributed by atoms with E-state index in [0.717, 1.165) is 24.2 Å². The lowest BCUT2D eigenvalue weighted by molar-refractivity contribution is -0.132. The maximum atomic E-state index is 12.1. The molecular formula is C17H24N2O2. The van der Waals surface area contributed by atoms with Crippen molar-refractivity contribution in [3.05, 3.63) is 29.8 Å². The van der Waals surface area contributed by atoms with Crippen molar-refractivity contribution in [2.75, 3.05) is 19.7 Å². The molecule has 1 aromatic rings. The van der Waals surface area contributed by atoms with E-state index in [4.69, 9.17) is 10.00 Å². The molecule has 0 aliphatic heterocycles. The molecule has 0 saturated heterocycles. The van der Waals surface area contributed by atoms with Gasteiger partial charge in [0.15, 0.2) is 6.61 Å². The Morgan fingerprint density at radius 3 is 2.71 bits per heavy atom. The third kappa shape index (κ3) is 5.11. The molecule has 114 valence electrons. The predicted molar refractivity (Wildman–Crippen MR) is 83.1 cm³/mol. The molecule has 0 spiro atoms. The van der Waals surface area contributed by atoms with Crippen molar-refractivity contribution in [3.8, 4) is 11.8 Å². The van der Waals surface area contributed by atoms with E-state index in [-0.39, 0.29) is 19.1 Å². The summed E-state index contributed by atoms with van der Waals surface area (Å²) in [5.41, 5.74) is 1.12. The fraction of sp³-hybridized carbons (Fsp3) is 0.529. The van der Waals surface area contributed by atoms with Crippen LogP contribution in [0.25, 0.3) is 0 Å². The summed E-state index contributed by atoms with van der Waals surface area (Å²) in [6.07, 6.45) is 1.85. The number of carbonyl (C=O) groups is 1. The summed E-state index contributed by atoms with van der Waals surface area (Å²) >= 11 is 0. The van der Waals surface area contributed by atoms with Crippen LogP contribution < -0.4 is 4.74 Å². The SMILES string of the molecule is CCCN(CC#N)C(=O)COc1ccccc1C(C)CC. The van der Waals surface area contributed by atoms with Crippen molar-refractivity contribution in [1.82, 2.24) is 4.90 Å².